The van der Waals surface area contributed by atoms with Gasteiger partial charge in [0.05, 0.1) is 10.6 Å². The van der Waals surface area contributed by atoms with Crippen LogP contribution in [-0.2, 0) is 0 Å². The molecule has 4 rings (SSSR count). The predicted molar refractivity (Wildman–Crippen MR) is 107 cm³/mol. The monoisotopic (exact) mass is 389 g/mol. The molecule has 1 amide bonds. The van der Waals surface area contributed by atoms with E-state index < -0.39 is 6.04 Å². The van der Waals surface area contributed by atoms with E-state index in [1.807, 2.05) is 60.7 Å². The molecule has 138 valence electrons. The number of hydrogen-bond acceptors (Lipinski definition) is 4. The summed E-state index contributed by atoms with van der Waals surface area (Å²) in [5, 5.41) is 11.8. The SMILES string of the molecule is O=C(N[C@@H](c1ccccc1)c1nnc(-c2ccccc2Cl)o1)c1ccccc1. The van der Waals surface area contributed by atoms with Gasteiger partial charge in [-0.3, -0.25) is 4.79 Å². The molecule has 5 nitrogen and oxygen atoms in total. The molecule has 1 N–H and O–H groups in total. The molecule has 1 aromatic heterocycles. The summed E-state index contributed by atoms with van der Waals surface area (Å²) in [4.78, 5) is 12.7. The van der Waals surface area contributed by atoms with Gasteiger partial charge in [-0.25, -0.2) is 0 Å². The van der Waals surface area contributed by atoms with E-state index >= 15 is 0 Å². The van der Waals surface area contributed by atoms with Crippen LogP contribution in [0.2, 0.25) is 5.02 Å². The van der Waals surface area contributed by atoms with E-state index in [0.29, 0.717) is 22.0 Å². The second-order valence-electron chi connectivity index (χ2n) is 6.11. The van der Waals surface area contributed by atoms with E-state index in [4.69, 9.17) is 16.0 Å². The van der Waals surface area contributed by atoms with Crippen LogP contribution in [0.5, 0.6) is 0 Å². The van der Waals surface area contributed by atoms with Gasteiger partial charge in [-0.2, -0.15) is 0 Å². The zero-order valence-electron chi connectivity index (χ0n) is 14.7. The number of rotatable bonds is 5. The van der Waals surface area contributed by atoms with Gasteiger partial charge < -0.3 is 9.73 Å². The van der Waals surface area contributed by atoms with Gasteiger partial charge in [-0.15, -0.1) is 10.2 Å². The lowest BCUT2D eigenvalue weighted by atomic mass is 10.1. The van der Waals surface area contributed by atoms with Crippen molar-refractivity contribution in [3.8, 4) is 11.5 Å². The minimum absolute atomic E-state index is 0.230. The van der Waals surface area contributed by atoms with Crippen LogP contribution in [0.15, 0.2) is 89.3 Å². The van der Waals surface area contributed by atoms with Crippen LogP contribution in [0.25, 0.3) is 11.5 Å². The van der Waals surface area contributed by atoms with Gasteiger partial charge in [0.25, 0.3) is 5.91 Å². The van der Waals surface area contributed by atoms with Crippen LogP contribution in [0.1, 0.15) is 27.9 Å². The largest absolute Gasteiger partial charge is 0.418 e. The Bertz CT molecular complexity index is 1080. The van der Waals surface area contributed by atoms with Gasteiger partial charge in [-0.1, -0.05) is 72.3 Å². The molecule has 0 aliphatic heterocycles. The molecule has 6 heteroatoms. The second kappa shape index (κ2) is 8.06. The number of aromatic nitrogens is 2. The van der Waals surface area contributed by atoms with Crippen molar-refractivity contribution in [2.75, 3.05) is 0 Å². The number of amides is 1. The Morgan fingerprint density at radius 3 is 2.21 bits per heavy atom. The Morgan fingerprint density at radius 2 is 1.50 bits per heavy atom. The first-order valence-electron chi connectivity index (χ1n) is 8.71. The van der Waals surface area contributed by atoms with Crippen molar-refractivity contribution in [1.29, 1.82) is 0 Å². The van der Waals surface area contributed by atoms with Gasteiger partial charge in [-0.05, 0) is 29.8 Å². The Kier molecular flexibility index (Phi) is 5.17. The van der Waals surface area contributed by atoms with Crippen LogP contribution in [-0.4, -0.2) is 16.1 Å². The lowest BCUT2D eigenvalue weighted by Gasteiger charge is -2.15. The standard InChI is InChI=1S/C22H16ClN3O2/c23-18-14-8-7-13-17(18)21-25-26-22(28-21)19(15-9-3-1-4-10-15)24-20(27)16-11-5-2-6-12-16/h1-14,19H,(H,24,27)/t19-/m0/s1. The maximum Gasteiger partial charge on any atom is 0.252 e. The Labute approximate surface area is 167 Å². The fourth-order valence-electron chi connectivity index (χ4n) is 2.83. The first kappa shape index (κ1) is 17.9. The lowest BCUT2D eigenvalue weighted by molar-refractivity contribution is 0.0938. The Morgan fingerprint density at radius 1 is 0.857 bits per heavy atom. The highest BCUT2D eigenvalue weighted by Gasteiger charge is 2.24. The third kappa shape index (κ3) is 3.80. The fraction of sp³-hybridized carbons (Fsp3) is 0.0455. The number of carbonyl (C=O) groups excluding carboxylic acids is 1. The Hall–Kier alpha value is -3.44. The maximum absolute atomic E-state index is 12.7. The lowest BCUT2D eigenvalue weighted by Crippen LogP contribution is -2.29. The molecule has 0 spiro atoms. The zero-order chi connectivity index (χ0) is 19.3. The summed E-state index contributed by atoms with van der Waals surface area (Å²) < 4.78 is 5.88. The van der Waals surface area contributed by atoms with Gasteiger partial charge in [0.1, 0.15) is 6.04 Å². The summed E-state index contributed by atoms with van der Waals surface area (Å²) in [7, 11) is 0. The van der Waals surface area contributed by atoms with Gasteiger partial charge >= 0.3 is 0 Å². The summed E-state index contributed by atoms with van der Waals surface area (Å²) in [5.74, 6) is 0.354. The summed E-state index contributed by atoms with van der Waals surface area (Å²) in [6.07, 6.45) is 0. The van der Waals surface area contributed by atoms with E-state index in [9.17, 15) is 4.79 Å². The van der Waals surface area contributed by atoms with Crippen molar-refractivity contribution in [1.82, 2.24) is 15.5 Å². The molecular formula is C22H16ClN3O2. The topological polar surface area (TPSA) is 68.0 Å². The highest BCUT2D eigenvalue weighted by molar-refractivity contribution is 6.33. The molecule has 1 heterocycles. The van der Waals surface area contributed by atoms with Crippen molar-refractivity contribution in [2.24, 2.45) is 0 Å². The minimum Gasteiger partial charge on any atom is -0.418 e. The first-order valence-corrected chi connectivity index (χ1v) is 9.09. The molecule has 28 heavy (non-hydrogen) atoms. The third-order valence-electron chi connectivity index (χ3n) is 4.24. The molecule has 0 bridgehead atoms. The number of hydrogen-bond donors (Lipinski definition) is 1. The van der Waals surface area contributed by atoms with E-state index in [1.165, 1.54) is 0 Å². The summed E-state index contributed by atoms with van der Waals surface area (Å²) in [6, 6.07) is 25.1. The minimum atomic E-state index is -0.586. The summed E-state index contributed by atoms with van der Waals surface area (Å²) in [5.41, 5.74) is 2.03. The number of carbonyl (C=O) groups is 1. The van der Waals surface area contributed by atoms with Crippen LogP contribution in [0, 0.1) is 0 Å². The zero-order valence-corrected chi connectivity index (χ0v) is 15.5. The van der Waals surface area contributed by atoms with E-state index in [2.05, 4.69) is 15.5 Å². The number of benzene rings is 3. The molecule has 0 saturated heterocycles. The number of halogens is 1. The molecule has 0 unspecified atom stereocenters. The average Bonchev–Trinajstić information content (AvgIpc) is 3.23. The Balaban J connectivity index is 1.69. The quantitative estimate of drug-likeness (QED) is 0.526. The predicted octanol–water partition coefficient (Wildman–Crippen LogP) is 4.91. The molecule has 0 fully saturated rings. The van der Waals surface area contributed by atoms with Crippen LogP contribution >= 0.6 is 11.6 Å². The molecule has 0 aliphatic carbocycles. The molecular weight excluding hydrogens is 374 g/mol. The molecule has 3 aromatic carbocycles. The van der Waals surface area contributed by atoms with E-state index in [-0.39, 0.29) is 11.8 Å². The maximum atomic E-state index is 12.7. The van der Waals surface area contributed by atoms with Gasteiger partial charge in [0.2, 0.25) is 11.8 Å². The van der Waals surface area contributed by atoms with Crippen LogP contribution in [0.3, 0.4) is 0 Å². The van der Waals surface area contributed by atoms with Gasteiger partial charge in [0.15, 0.2) is 0 Å². The average molecular weight is 390 g/mol. The summed E-state index contributed by atoms with van der Waals surface area (Å²) in [6.45, 7) is 0. The highest BCUT2D eigenvalue weighted by Crippen LogP contribution is 2.29. The van der Waals surface area contributed by atoms with E-state index in [0.717, 1.165) is 5.56 Å². The summed E-state index contributed by atoms with van der Waals surface area (Å²) >= 11 is 6.23. The van der Waals surface area contributed by atoms with Crippen molar-refractivity contribution >= 4 is 17.5 Å². The van der Waals surface area contributed by atoms with Crippen molar-refractivity contribution in [3.63, 3.8) is 0 Å². The fourth-order valence-corrected chi connectivity index (χ4v) is 3.05. The second-order valence-corrected chi connectivity index (χ2v) is 6.52. The van der Waals surface area contributed by atoms with Crippen LogP contribution < -0.4 is 5.32 Å². The van der Waals surface area contributed by atoms with E-state index in [1.54, 1.807) is 24.3 Å². The van der Waals surface area contributed by atoms with Gasteiger partial charge in [0, 0.05) is 5.56 Å². The van der Waals surface area contributed by atoms with Crippen molar-refractivity contribution < 1.29 is 9.21 Å². The van der Waals surface area contributed by atoms with Crippen molar-refractivity contribution in [2.45, 2.75) is 6.04 Å². The molecule has 4 aromatic rings. The van der Waals surface area contributed by atoms with Crippen molar-refractivity contribution in [3.05, 3.63) is 107 Å². The molecule has 0 radical (unpaired) electrons. The number of nitrogens with zero attached hydrogens (tertiary/aromatic N) is 2. The highest BCUT2D eigenvalue weighted by atomic mass is 35.5. The normalized spacial score (nSPS) is 11.8. The first-order chi connectivity index (χ1) is 13.7. The molecule has 0 saturated carbocycles. The smallest absolute Gasteiger partial charge is 0.252 e. The molecule has 0 aliphatic rings. The number of nitrogens with one attached hydrogen (secondary N) is 1. The van der Waals surface area contributed by atoms with Crippen LogP contribution in [0.4, 0.5) is 0 Å². The third-order valence-corrected chi connectivity index (χ3v) is 4.57. The molecule has 1 atom stereocenters.